The molecule has 0 fully saturated rings. The first-order chi connectivity index (χ1) is 7.77. The minimum atomic E-state index is -4.99. The molecule has 3 nitrogen and oxygen atoms in total. The smallest absolute Gasteiger partial charge is 0.420 e. The number of nitrogen functional groups attached to an aromatic ring is 1. The molecule has 7 heteroatoms. The van der Waals surface area contributed by atoms with E-state index in [1.54, 1.807) is 0 Å². The number of rotatable bonds is 2. The molecule has 0 unspecified atom stereocenters. The third-order valence-corrected chi connectivity index (χ3v) is 1.89. The lowest BCUT2D eigenvalue weighted by atomic mass is 10.1. The van der Waals surface area contributed by atoms with Gasteiger partial charge in [0, 0.05) is 5.69 Å². The summed E-state index contributed by atoms with van der Waals surface area (Å²) in [6.45, 7) is 1.31. The zero-order chi connectivity index (χ0) is 13.2. The van der Waals surface area contributed by atoms with E-state index in [-0.39, 0.29) is 12.3 Å². The van der Waals surface area contributed by atoms with Gasteiger partial charge in [-0.05, 0) is 19.1 Å². The van der Waals surface area contributed by atoms with Crippen LogP contribution in [0.4, 0.5) is 23.2 Å². The van der Waals surface area contributed by atoms with Gasteiger partial charge in [-0.3, -0.25) is 0 Å². The van der Waals surface area contributed by atoms with Gasteiger partial charge in [-0.15, -0.1) is 0 Å². The van der Waals surface area contributed by atoms with E-state index in [1.807, 2.05) is 0 Å². The molecule has 0 radical (unpaired) electrons. The molecule has 0 aromatic heterocycles. The summed E-state index contributed by atoms with van der Waals surface area (Å²) in [6, 6.07) is 1.25. The summed E-state index contributed by atoms with van der Waals surface area (Å²) < 4.78 is 55.3. The lowest BCUT2D eigenvalue weighted by Gasteiger charge is -2.13. The van der Waals surface area contributed by atoms with E-state index in [0.29, 0.717) is 6.07 Å². The van der Waals surface area contributed by atoms with Crippen molar-refractivity contribution in [2.24, 2.45) is 0 Å². The van der Waals surface area contributed by atoms with Gasteiger partial charge >= 0.3 is 12.1 Å². The molecule has 0 aliphatic rings. The van der Waals surface area contributed by atoms with Crippen LogP contribution in [0, 0.1) is 5.82 Å². The number of hydrogen-bond donors (Lipinski definition) is 1. The maximum absolute atomic E-state index is 13.2. The largest absolute Gasteiger partial charge is 0.462 e. The van der Waals surface area contributed by atoms with Gasteiger partial charge in [0.15, 0.2) is 0 Å². The van der Waals surface area contributed by atoms with Crippen molar-refractivity contribution in [2.75, 3.05) is 12.3 Å². The predicted molar refractivity (Wildman–Crippen MR) is 51.8 cm³/mol. The van der Waals surface area contributed by atoms with Gasteiger partial charge < -0.3 is 10.5 Å². The fourth-order valence-corrected chi connectivity index (χ4v) is 1.29. The number of halogens is 4. The summed E-state index contributed by atoms with van der Waals surface area (Å²) in [4.78, 5) is 11.3. The molecule has 17 heavy (non-hydrogen) atoms. The number of ether oxygens (including phenoxy) is 1. The second-order valence-corrected chi connectivity index (χ2v) is 3.14. The molecule has 0 spiro atoms. The van der Waals surface area contributed by atoms with Gasteiger partial charge in [0.25, 0.3) is 0 Å². The fourth-order valence-electron chi connectivity index (χ4n) is 1.29. The molecule has 0 atom stereocenters. The van der Waals surface area contributed by atoms with Crippen LogP contribution in [-0.4, -0.2) is 12.6 Å². The van der Waals surface area contributed by atoms with Crippen molar-refractivity contribution in [1.82, 2.24) is 0 Å². The normalized spacial score (nSPS) is 11.4. The van der Waals surface area contributed by atoms with Gasteiger partial charge in [-0.25, -0.2) is 9.18 Å². The van der Waals surface area contributed by atoms with Gasteiger partial charge in [0.1, 0.15) is 11.4 Å². The molecule has 0 amide bonds. The highest BCUT2D eigenvalue weighted by Gasteiger charge is 2.39. The van der Waals surface area contributed by atoms with Crippen LogP contribution >= 0.6 is 0 Å². The lowest BCUT2D eigenvalue weighted by molar-refractivity contribution is -0.140. The van der Waals surface area contributed by atoms with E-state index in [4.69, 9.17) is 5.73 Å². The first kappa shape index (κ1) is 13.3. The van der Waals surface area contributed by atoms with Crippen LogP contribution in [0.5, 0.6) is 0 Å². The molecule has 0 aliphatic carbocycles. The highest BCUT2D eigenvalue weighted by molar-refractivity contribution is 5.92. The molecular weight excluding hydrogens is 242 g/mol. The van der Waals surface area contributed by atoms with Crippen molar-refractivity contribution in [3.8, 4) is 0 Å². The molecule has 1 aromatic carbocycles. The molecule has 2 N–H and O–H groups in total. The first-order valence-electron chi connectivity index (χ1n) is 4.60. The second-order valence-electron chi connectivity index (χ2n) is 3.14. The number of anilines is 1. The second kappa shape index (κ2) is 4.60. The van der Waals surface area contributed by atoms with Crippen molar-refractivity contribution >= 4 is 11.7 Å². The Morgan fingerprint density at radius 1 is 1.41 bits per heavy atom. The summed E-state index contributed by atoms with van der Waals surface area (Å²) >= 11 is 0. The van der Waals surface area contributed by atoms with Crippen molar-refractivity contribution in [1.29, 1.82) is 0 Å². The minimum Gasteiger partial charge on any atom is -0.462 e. The Hall–Kier alpha value is -1.79. The van der Waals surface area contributed by atoms with E-state index in [1.165, 1.54) is 6.92 Å². The Balaban J connectivity index is 3.41. The molecule has 94 valence electrons. The third kappa shape index (κ3) is 2.86. The first-order valence-corrected chi connectivity index (χ1v) is 4.60. The average molecular weight is 251 g/mol. The minimum absolute atomic E-state index is 0.119. The molecule has 0 saturated heterocycles. The Bertz CT molecular complexity index is 443. The fraction of sp³-hybridized carbons (Fsp3) is 0.300. The zero-order valence-corrected chi connectivity index (χ0v) is 8.77. The number of carbonyl (C=O) groups excluding carboxylic acids is 1. The van der Waals surface area contributed by atoms with E-state index in [9.17, 15) is 22.4 Å². The van der Waals surface area contributed by atoms with Gasteiger partial charge in [-0.2, -0.15) is 13.2 Å². The van der Waals surface area contributed by atoms with E-state index < -0.39 is 29.1 Å². The molecule has 1 rings (SSSR count). The quantitative estimate of drug-likeness (QED) is 0.499. The Morgan fingerprint density at radius 3 is 2.47 bits per heavy atom. The molecule has 0 heterocycles. The highest BCUT2D eigenvalue weighted by Crippen LogP contribution is 2.35. The van der Waals surface area contributed by atoms with E-state index >= 15 is 0 Å². The number of nitrogens with two attached hydrogens (primary N) is 1. The number of carbonyl (C=O) groups is 1. The lowest BCUT2D eigenvalue weighted by Crippen LogP contribution is -2.18. The van der Waals surface area contributed by atoms with Crippen molar-refractivity contribution in [3.63, 3.8) is 0 Å². The van der Waals surface area contributed by atoms with Crippen LogP contribution in [0.25, 0.3) is 0 Å². The van der Waals surface area contributed by atoms with Crippen LogP contribution in [0.15, 0.2) is 12.1 Å². The summed E-state index contributed by atoms with van der Waals surface area (Å²) in [5.74, 6) is -2.86. The standard InChI is InChI=1S/C10H9F4NO2/c1-2-17-9(16)6-3-5(15)4-7(11)8(6)10(12,13)14/h3-4H,2,15H2,1H3. The topological polar surface area (TPSA) is 52.3 Å². The molecule has 0 aliphatic heterocycles. The zero-order valence-electron chi connectivity index (χ0n) is 8.77. The van der Waals surface area contributed by atoms with Crippen molar-refractivity contribution in [2.45, 2.75) is 13.1 Å². The molecule has 0 saturated carbocycles. The highest BCUT2D eigenvalue weighted by atomic mass is 19.4. The summed E-state index contributed by atoms with van der Waals surface area (Å²) in [7, 11) is 0. The Kier molecular flexibility index (Phi) is 3.59. The third-order valence-electron chi connectivity index (χ3n) is 1.89. The molecular formula is C10H9F4NO2. The van der Waals surface area contributed by atoms with Gasteiger partial charge in [0.05, 0.1) is 12.2 Å². The molecule has 0 bridgehead atoms. The van der Waals surface area contributed by atoms with E-state index in [2.05, 4.69) is 4.74 Å². The number of alkyl halides is 3. The van der Waals surface area contributed by atoms with Crippen molar-refractivity contribution in [3.05, 3.63) is 29.1 Å². The van der Waals surface area contributed by atoms with Crippen molar-refractivity contribution < 1.29 is 27.1 Å². The number of hydrogen-bond acceptors (Lipinski definition) is 3. The van der Waals surface area contributed by atoms with Gasteiger partial charge in [-0.1, -0.05) is 0 Å². The van der Waals surface area contributed by atoms with Crippen LogP contribution in [0.3, 0.4) is 0 Å². The summed E-state index contributed by atoms with van der Waals surface area (Å²) in [5.41, 5.74) is 2.33. The number of esters is 1. The summed E-state index contributed by atoms with van der Waals surface area (Å²) in [6.07, 6.45) is -4.99. The van der Waals surface area contributed by atoms with Crippen LogP contribution in [0.1, 0.15) is 22.8 Å². The monoisotopic (exact) mass is 251 g/mol. The number of benzene rings is 1. The Labute approximate surface area is 94.2 Å². The van der Waals surface area contributed by atoms with Crippen LogP contribution in [0.2, 0.25) is 0 Å². The maximum Gasteiger partial charge on any atom is 0.420 e. The maximum atomic E-state index is 13.2. The SMILES string of the molecule is CCOC(=O)c1cc(N)cc(F)c1C(F)(F)F. The van der Waals surface area contributed by atoms with Gasteiger partial charge in [0.2, 0.25) is 0 Å². The predicted octanol–water partition coefficient (Wildman–Crippen LogP) is 2.60. The molecule has 1 aromatic rings. The average Bonchev–Trinajstić information content (AvgIpc) is 2.14. The van der Waals surface area contributed by atoms with Crippen LogP contribution in [-0.2, 0) is 10.9 Å². The summed E-state index contributed by atoms with van der Waals surface area (Å²) in [5, 5.41) is 0. The van der Waals surface area contributed by atoms with Crippen LogP contribution < -0.4 is 5.73 Å². The van der Waals surface area contributed by atoms with E-state index in [0.717, 1.165) is 6.07 Å². The Morgan fingerprint density at radius 2 is 2.00 bits per heavy atom.